The maximum absolute atomic E-state index is 13.2. The first-order chi connectivity index (χ1) is 16.1. The van der Waals surface area contributed by atoms with E-state index < -0.39 is 0 Å². The van der Waals surface area contributed by atoms with E-state index in [0.717, 1.165) is 35.5 Å². The van der Waals surface area contributed by atoms with Gasteiger partial charge in [-0.05, 0) is 55.8 Å². The van der Waals surface area contributed by atoms with Crippen molar-refractivity contribution in [3.05, 3.63) is 66.1 Å². The molecule has 0 unspecified atom stereocenters. The van der Waals surface area contributed by atoms with Crippen molar-refractivity contribution >= 4 is 40.2 Å². The zero-order chi connectivity index (χ0) is 23.2. The molecule has 0 spiro atoms. The Bertz CT molecular complexity index is 1220. The summed E-state index contributed by atoms with van der Waals surface area (Å²) in [6, 6.07) is 14.0. The third kappa shape index (κ3) is 5.48. The lowest BCUT2D eigenvalue weighted by atomic mass is 10.2. The van der Waals surface area contributed by atoms with Crippen LogP contribution < -0.4 is 15.0 Å². The summed E-state index contributed by atoms with van der Waals surface area (Å²) in [6.07, 6.45) is 1.76. The Morgan fingerprint density at radius 3 is 2.36 bits per heavy atom. The number of nitrogens with zero attached hydrogens (tertiary/aromatic N) is 5. The molecule has 2 heterocycles. The second-order valence-corrected chi connectivity index (χ2v) is 8.15. The molecule has 33 heavy (non-hydrogen) atoms. The van der Waals surface area contributed by atoms with Crippen molar-refractivity contribution in [2.45, 2.75) is 24.8 Å². The molecule has 170 valence electrons. The molecule has 0 bridgehead atoms. The van der Waals surface area contributed by atoms with Crippen LogP contribution in [0.25, 0.3) is 11.0 Å². The smallest absolute Gasteiger partial charge is 0.227 e. The van der Waals surface area contributed by atoms with E-state index in [9.17, 15) is 4.39 Å². The quantitative estimate of drug-likeness (QED) is 0.259. The Morgan fingerprint density at radius 1 is 0.970 bits per heavy atom. The normalized spacial score (nSPS) is 10.9. The van der Waals surface area contributed by atoms with Crippen LogP contribution in [0.1, 0.15) is 19.4 Å². The number of hydrogen-bond acceptors (Lipinski definition) is 8. The lowest BCUT2D eigenvalue weighted by molar-refractivity contribution is 0.415. The summed E-state index contributed by atoms with van der Waals surface area (Å²) >= 11 is 1.47. The number of anilines is 3. The molecule has 0 aliphatic rings. The minimum absolute atomic E-state index is 0.252. The predicted octanol–water partition coefficient (Wildman–Crippen LogP) is 5.45. The Kier molecular flexibility index (Phi) is 7.19. The first kappa shape index (κ1) is 22.7. The first-order valence-corrected chi connectivity index (χ1v) is 11.7. The molecule has 0 saturated heterocycles. The van der Waals surface area contributed by atoms with Gasteiger partial charge in [-0.2, -0.15) is 4.98 Å². The van der Waals surface area contributed by atoms with Crippen molar-refractivity contribution in [2.24, 2.45) is 0 Å². The van der Waals surface area contributed by atoms with Crippen LogP contribution in [0.4, 0.5) is 21.8 Å². The second-order valence-electron chi connectivity index (χ2n) is 7.20. The number of rotatable bonds is 9. The number of methoxy groups -OCH3 is 1. The number of benzene rings is 2. The van der Waals surface area contributed by atoms with Crippen molar-refractivity contribution in [1.82, 2.24) is 19.9 Å². The van der Waals surface area contributed by atoms with E-state index in [2.05, 4.69) is 34.0 Å². The number of thioether (sulfide) groups is 1. The summed E-state index contributed by atoms with van der Waals surface area (Å²) in [7, 11) is 1.63. The molecule has 4 rings (SSSR count). The fraction of sp³-hybridized carbons (Fsp3) is 0.250. The minimum Gasteiger partial charge on any atom is -0.497 e. The van der Waals surface area contributed by atoms with Gasteiger partial charge in [0.05, 0.1) is 12.5 Å². The molecule has 1 N–H and O–H groups in total. The molecule has 7 nitrogen and oxygen atoms in total. The monoisotopic (exact) mass is 464 g/mol. The van der Waals surface area contributed by atoms with Crippen molar-refractivity contribution in [3.8, 4) is 5.75 Å². The van der Waals surface area contributed by atoms with Gasteiger partial charge in [0.1, 0.15) is 17.4 Å². The van der Waals surface area contributed by atoms with Crippen molar-refractivity contribution in [2.75, 3.05) is 30.4 Å². The lowest BCUT2D eigenvalue weighted by Crippen LogP contribution is -2.24. The Balaban J connectivity index is 1.69. The third-order valence-corrected chi connectivity index (χ3v) is 6.02. The van der Waals surface area contributed by atoms with Gasteiger partial charge >= 0.3 is 0 Å². The van der Waals surface area contributed by atoms with Crippen LogP contribution in [0.5, 0.6) is 5.75 Å². The maximum Gasteiger partial charge on any atom is 0.227 e. The predicted molar refractivity (Wildman–Crippen MR) is 131 cm³/mol. The minimum atomic E-state index is -0.252. The number of aromatic nitrogens is 4. The molecular formula is C24H25FN6OS. The van der Waals surface area contributed by atoms with Crippen LogP contribution in [0.2, 0.25) is 0 Å². The fourth-order valence-electron chi connectivity index (χ4n) is 3.25. The maximum atomic E-state index is 13.2. The van der Waals surface area contributed by atoms with Gasteiger partial charge in [0.25, 0.3) is 0 Å². The van der Waals surface area contributed by atoms with Crippen LogP contribution in [-0.2, 0) is 5.75 Å². The van der Waals surface area contributed by atoms with E-state index in [0.29, 0.717) is 28.3 Å². The van der Waals surface area contributed by atoms with E-state index in [1.807, 2.05) is 24.3 Å². The van der Waals surface area contributed by atoms with Gasteiger partial charge in [-0.3, -0.25) is 0 Å². The largest absolute Gasteiger partial charge is 0.497 e. The Morgan fingerprint density at radius 2 is 1.70 bits per heavy atom. The zero-order valence-electron chi connectivity index (χ0n) is 18.7. The molecule has 0 amide bonds. The molecule has 0 aliphatic heterocycles. The van der Waals surface area contributed by atoms with Crippen LogP contribution in [-0.4, -0.2) is 40.1 Å². The van der Waals surface area contributed by atoms with Gasteiger partial charge in [0.2, 0.25) is 5.95 Å². The number of fused-ring (bicyclic) bond motifs is 1. The van der Waals surface area contributed by atoms with E-state index >= 15 is 0 Å². The van der Waals surface area contributed by atoms with Gasteiger partial charge < -0.3 is 15.0 Å². The number of ether oxygens (including phenoxy) is 1. The summed E-state index contributed by atoms with van der Waals surface area (Å²) in [5.41, 5.74) is 2.42. The molecule has 4 aromatic rings. The van der Waals surface area contributed by atoms with Crippen LogP contribution in [0.3, 0.4) is 0 Å². The van der Waals surface area contributed by atoms with Crippen LogP contribution >= 0.6 is 11.8 Å². The number of hydrogen-bond donors (Lipinski definition) is 1. The molecule has 0 aliphatic carbocycles. The third-order valence-electron chi connectivity index (χ3n) is 5.10. The van der Waals surface area contributed by atoms with E-state index in [1.165, 1.54) is 23.9 Å². The zero-order valence-corrected chi connectivity index (χ0v) is 19.6. The molecule has 2 aromatic carbocycles. The highest BCUT2D eigenvalue weighted by molar-refractivity contribution is 7.98. The van der Waals surface area contributed by atoms with Crippen molar-refractivity contribution in [1.29, 1.82) is 0 Å². The summed E-state index contributed by atoms with van der Waals surface area (Å²) in [6.45, 7) is 5.74. The highest BCUT2D eigenvalue weighted by Crippen LogP contribution is 2.29. The SMILES string of the molecule is CCN(CC)c1ncc2c(Nc3ccc(OC)cc3)nc(SCc3ccc(F)cc3)nc2n1. The van der Waals surface area contributed by atoms with E-state index in [1.54, 1.807) is 25.4 Å². The van der Waals surface area contributed by atoms with Crippen LogP contribution in [0.15, 0.2) is 59.9 Å². The van der Waals surface area contributed by atoms with Crippen molar-refractivity contribution in [3.63, 3.8) is 0 Å². The summed E-state index contributed by atoms with van der Waals surface area (Å²) in [5.74, 6) is 2.39. The Labute approximate surface area is 196 Å². The summed E-state index contributed by atoms with van der Waals surface area (Å²) in [5, 5.41) is 4.66. The first-order valence-electron chi connectivity index (χ1n) is 10.7. The molecule has 0 atom stereocenters. The average Bonchev–Trinajstić information content (AvgIpc) is 2.85. The standard InChI is InChI=1S/C24H25FN6OS/c1-4-31(5-2)23-26-14-20-21(27-18-10-12-19(32-3)13-11-18)29-24(30-22(20)28-23)33-15-16-6-8-17(25)9-7-16/h6-14H,4-5,15H2,1-3H3,(H,26,27,28,29,30). The van der Waals surface area contributed by atoms with Gasteiger partial charge in [-0.15, -0.1) is 0 Å². The average molecular weight is 465 g/mol. The molecular weight excluding hydrogens is 439 g/mol. The second kappa shape index (κ2) is 10.4. The number of nitrogens with one attached hydrogen (secondary N) is 1. The topological polar surface area (TPSA) is 76.1 Å². The fourth-order valence-corrected chi connectivity index (χ4v) is 4.04. The highest BCUT2D eigenvalue weighted by atomic mass is 32.2. The molecule has 2 aromatic heterocycles. The highest BCUT2D eigenvalue weighted by Gasteiger charge is 2.14. The van der Waals surface area contributed by atoms with Gasteiger partial charge in [-0.25, -0.2) is 19.3 Å². The molecule has 0 fully saturated rings. The lowest BCUT2D eigenvalue weighted by Gasteiger charge is -2.18. The molecule has 0 saturated carbocycles. The van der Waals surface area contributed by atoms with Crippen molar-refractivity contribution < 1.29 is 9.13 Å². The molecule has 9 heteroatoms. The van der Waals surface area contributed by atoms with Gasteiger partial charge in [0.15, 0.2) is 10.8 Å². The van der Waals surface area contributed by atoms with E-state index in [4.69, 9.17) is 14.7 Å². The summed E-state index contributed by atoms with van der Waals surface area (Å²) < 4.78 is 18.5. The van der Waals surface area contributed by atoms with Crippen LogP contribution in [0, 0.1) is 5.82 Å². The van der Waals surface area contributed by atoms with Gasteiger partial charge in [-0.1, -0.05) is 23.9 Å². The summed E-state index contributed by atoms with van der Waals surface area (Å²) in [4.78, 5) is 20.7. The van der Waals surface area contributed by atoms with Gasteiger partial charge in [0, 0.05) is 30.7 Å². The number of halogens is 1. The molecule has 0 radical (unpaired) electrons. The van der Waals surface area contributed by atoms with E-state index in [-0.39, 0.29) is 5.82 Å². The Hall–Kier alpha value is -3.46.